The van der Waals surface area contributed by atoms with E-state index in [0.29, 0.717) is 6.04 Å². The molecule has 1 fully saturated rings. The van der Waals surface area contributed by atoms with Gasteiger partial charge in [0.15, 0.2) is 0 Å². The van der Waals surface area contributed by atoms with Gasteiger partial charge in [-0.1, -0.05) is 24.3 Å². The van der Waals surface area contributed by atoms with E-state index in [9.17, 15) is 0 Å². The summed E-state index contributed by atoms with van der Waals surface area (Å²) >= 11 is 0. The molecule has 100 valence electrons. The van der Waals surface area contributed by atoms with Crippen molar-refractivity contribution in [3.63, 3.8) is 0 Å². The average molecular weight is 257 g/mol. The van der Waals surface area contributed by atoms with Crippen molar-refractivity contribution in [2.75, 3.05) is 0 Å². The Labute approximate surface area is 113 Å². The highest BCUT2D eigenvalue weighted by Crippen LogP contribution is 2.19. The average Bonchev–Trinajstić information content (AvgIpc) is 3.18. The lowest BCUT2D eigenvalue weighted by molar-refractivity contribution is 0.282. The third-order valence-electron chi connectivity index (χ3n) is 3.49. The maximum absolute atomic E-state index is 9.03. The quantitative estimate of drug-likeness (QED) is 0.827. The summed E-state index contributed by atoms with van der Waals surface area (Å²) in [7, 11) is 0. The van der Waals surface area contributed by atoms with E-state index >= 15 is 0 Å². The fourth-order valence-electron chi connectivity index (χ4n) is 2.12. The smallest absolute Gasteiger partial charge is 0.122 e. The zero-order valence-corrected chi connectivity index (χ0v) is 10.9. The second-order valence-electron chi connectivity index (χ2n) is 5.10. The summed E-state index contributed by atoms with van der Waals surface area (Å²) in [6.45, 7) is 1.77. The van der Waals surface area contributed by atoms with E-state index < -0.39 is 0 Å². The topological polar surface area (TPSA) is 50.1 Å². The van der Waals surface area contributed by atoms with Crippen molar-refractivity contribution in [1.82, 2.24) is 14.9 Å². The lowest BCUT2D eigenvalue weighted by Crippen LogP contribution is -2.19. The van der Waals surface area contributed by atoms with Crippen molar-refractivity contribution in [1.29, 1.82) is 0 Å². The second kappa shape index (κ2) is 5.55. The highest BCUT2D eigenvalue weighted by molar-refractivity contribution is 5.22. The molecule has 1 aromatic carbocycles. The predicted octanol–water partition coefficient (Wildman–Crippen LogP) is 1.68. The lowest BCUT2D eigenvalue weighted by Gasteiger charge is -2.09. The van der Waals surface area contributed by atoms with E-state index in [1.807, 2.05) is 24.5 Å². The first kappa shape index (κ1) is 12.4. The molecule has 4 heteroatoms. The largest absolute Gasteiger partial charge is 0.392 e. The Balaban J connectivity index is 1.65. The van der Waals surface area contributed by atoms with Gasteiger partial charge in [0, 0.05) is 25.0 Å². The van der Waals surface area contributed by atoms with Crippen LogP contribution in [0.1, 0.15) is 29.8 Å². The van der Waals surface area contributed by atoms with E-state index in [2.05, 4.69) is 27.0 Å². The molecule has 0 radical (unpaired) electrons. The van der Waals surface area contributed by atoms with Crippen LogP contribution in [0, 0.1) is 0 Å². The van der Waals surface area contributed by atoms with Gasteiger partial charge in [0.05, 0.1) is 13.2 Å². The van der Waals surface area contributed by atoms with Gasteiger partial charge >= 0.3 is 0 Å². The number of imidazole rings is 1. The number of rotatable bonds is 6. The van der Waals surface area contributed by atoms with E-state index in [1.54, 1.807) is 0 Å². The SMILES string of the molecule is OCc1ccc(Cn2ccnc2CNC2CC2)cc1. The minimum atomic E-state index is 0.0991. The van der Waals surface area contributed by atoms with Crippen LogP contribution in [0.5, 0.6) is 0 Å². The summed E-state index contributed by atoms with van der Waals surface area (Å²) in [4.78, 5) is 4.41. The zero-order valence-electron chi connectivity index (χ0n) is 10.9. The van der Waals surface area contributed by atoms with Crippen molar-refractivity contribution in [3.05, 3.63) is 53.6 Å². The van der Waals surface area contributed by atoms with Crippen molar-refractivity contribution < 1.29 is 5.11 Å². The number of hydrogen-bond acceptors (Lipinski definition) is 3. The monoisotopic (exact) mass is 257 g/mol. The van der Waals surface area contributed by atoms with E-state index in [4.69, 9.17) is 5.11 Å². The molecule has 0 saturated heterocycles. The number of nitrogens with one attached hydrogen (secondary N) is 1. The van der Waals surface area contributed by atoms with Crippen molar-refractivity contribution in [3.8, 4) is 0 Å². The number of aromatic nitrogens is 2. The standard InChI is InChI=1S/C15H19N3O/c19-11-13-3-1-12(2-4-13)10-18-8-7-16-15(18)9-17-14-5-6-14/h1-4,7-8,14,17,19H,5-6,9-11H2. The fraction of sp³-hybridized carbons (Fsp3) is 0.400. The Morgan fingerprint density at radius 3 is 2.63 bits per heavy atom. The summed E-state index contributed by atoms with van der Waals surface area (Å²) in [5.74, 6) is 1.08. The Kier molecular flexibility index (Phi) is 3.62. The highest BCUT2D eigenvalue weighted by Gasteiger charge is 2.20. The van der Waals surface area contributed by atoms with Gasteiger partial charge in [-0.25, -0.2) is 4.98 Å². The molecule has 1 aliphatic rings. The van der Waals surface area contributed by atoms with Crippen LogP contribution < -0.4 is 5.32 Å². The van der Waals surface area contributed by atoms with Crippen LogP contribution in [0.25, 0.3) is 0 Å². The molecule has 0 spiro atoms. The second-order valence-corrected chi connectivity index (χ2v) is 5.10. The van der Waals surface area contributed by atoms with Crippen LogP contribution in [-0.2, 0) is 19.7 Å². The van der Waals surface area contributed by atoms with Crippen LogP contribution in [0.3, 0.4) is 0 Å². The number of hydrogen-bond donors (Lipinski definition) is 2. The molecule has 2 N–H and O–H groups in total. The van der Waals surface area contributed by atoms with E-state index in [-0.39, 0.29) is 6.61 Å². The van der Waals surface area contributed by atoms with Gasteiger partial charge in [0.1, 0.15) is 5.82 Å². The molecular weight excluding hydrogens is 238 g/mol. The summed E-state index contributed by atoms with van der Waals surface area (Å²) in [6.07, 6.45) is 6.46. The summed E-state index contributed by atoms with van der Waals surface area (Å²) < 4.78 is 2.17. The van der Waals surface area contributed by atoms with Crippen molar-refractivity contribution in [2.24, 2.45) is 0 Å². The predicted molar refractivity (Wildman–Crippen MR) is 73.6 cm³/mol. The maximum Gasteiger partial charge on any atom is 0.122 e. The van der Waals surface area contributed by atoms with E-state index in [0.717, 1.165) is 24.5 Å². The first-order valence-corrected chi connectivity index (χ1v) is 6.77. The first-order chi connectivity index (χ1) is 9.35. The molecule has 1 aliphatic carbocycles. The molecule has 0 bridgehead atoms. The summed E-state index contributed by atoms with van der Waals surface area (Å²) in [5, 5.41) is 12.5. The molecule has 0 aliphatic heterocycles. The fourth-order valence-corrected chi connectivity index (χ4v) is 2.12. The summed E-state index contributed by atoms with van der Waals surface area (Å²) in [5.41, 5.74) is 2.17. The van der Waals surface area contributed by atoms with Crippen molar-refractivity contribution >= 4 is 0 Å². The third-order valence-corrected chi connectivity index (χ3v) is 3.49. The van der Waals surface area contributed by atoms with Gasteiger partial charge in [0.25, 0.3) is 0 Å². The number of nitrogens with zero attached hydrogens (tertiary/aromatic N) is 2. The molecule has 3 rings (SSSR count). The Morgan fingerprint density at radius 1 is 1.21 bits per heavy atom. The molecule has 1 heterocycles. The molecule has 0 unspecified atom stereocenters. The van der Waals surface area contributed by atoms with Gasteiger partial charge in [-0.15, -0.1) is 0 Å². The molecule has 0 amide bonds. The molecule has 2 aromatic rings. The zero-order chi connectivity index (χ0) is 13.1. The number of benzene rings is 1. The van der Waals surface area contributed by atoms with Crippen LogP contribution in [0.2, 0.25) is 0 Å². The molecule has 4 nitrogen and oxygen atoms in total. The number of aliphatic hydroxyl groups is 1. The maximum atomic E-state index is 9.03. The molecule has 1 aromatic heterocycles. The Bertz CT molecular complexity index is 529. The highest BCUT2D eigenvalue weighted by atomic mass is 16.3. The minimum Gasteiger partial charge on any atom is -0.392 e. The lowest BCUT2D eigenvalue weighted by atomic mass is 10.1. The van der Waals surface area contributed by atoms with Crippen LogP contribution in [0.4, 0.5) is 0 Å². The Hall–Kier alpha value is -1.65. The van der Waals surface area contributed by atoms with Crippen LogP contribution >= 0.6 is 0 Å². The number of aliphatic hydroxyl groups excluding tert-OH is 1. The summed E-state index contributed by atoms with van der Waals surface area (Å²) in [6, 6.07) is 8.75. The van der Waals surface area contributed by atoms with Gasteiger partial charge in [-0.2, -0.15) is 0 Å². The van der Waals surface area contributed by atoms with Gasteiger partial charge in [-0.3, -0.25) is 0 Å². The molecule has 0 atom stereocenters. The molecular formula is C15H19N3O. The van der Waals surface area contributed by atoms with Gasteiger partial charge < -0.3 is 15.0 Å². The first-order valence-electron chi connectivity index (χ1n) is 6.77. The third kappa shape index (κ3) is 3.22. The van der Waals surface area contributed by atoms with Crippen molar-refractivity contribution in [2.45, 2.75) is 38.6 Å². The van der Waals surface area contributed by atoms with Crippen LogP contribution in [-0.4, -0.2) is 20.7 Å². The normalized spacial score (nSPS) is 14.8. The van der Waals surface area contributed by atoms with Gasteiger partial charge in [0.2, 0.25) is 0 Å². The molecule has 19 heavy (non-hydrogen) atoms. The van der Waals surface area contributed by atoms with Gasteiger partial charge in [-0.05, 0) is 24.0 Å². The van der Waals surface area contributed by atoms with E-state index in [1.165, 1.54) is 18.4 Å². The van der Waals surface area contributed by atoms with Crippen LogP contribution in [0.15, 0.2) is 36.7 Å². The minimum absolute atomic E-state index is 0.0991. The molecule has 1 saturated carbocycles. The Morgan fingerprint density at radius 2 is 1.95 bits per heavy atom.